The Bertz CT molecular complexity index is 789. The van der Waals surface area contributed by atoms with Gasteiger partial charge in [-0.15, -0.1) is 0 Å². The van der Waals surface area contributed by atoms with Gasteiger partial charge in [0.1, 0.15) is 0 Å². The number of benzene rings is 1. The summed E-state index contributed by atoms with van der Waals surface area (Å²) in [7, 11) is 1.36. The number of urea groups is 1. The van der Waals surface area contributed by atoms with Crippen LogP contribution in [-0.2, 0) is 14.3 Å². The molecule has 0 fully saturated rings. The predicted molar refractivity (Wildman–Crippen MR) is 93.5 cm³/mol. The first-order valence-electron chi connectivity index (χ1n) is 8.10. The molecule has 0 aliphatic carbocycles. The Morgan fingerprint density at radius 1 is 1.07 bits per heavy atom. The molecular weight excluding hydrogens is 354 g/mol. The van der Waals surface area contributed by atoms with Crippen molar-refractivity contribution in [2.75, 3.05) is 13.6 Å². The quantitative estimate of drug-likeness (QED) is 0.625. The van der Waals surface area contributed by atoms with E-state index < -0.39 is 29.9 Å². The van der Waals surface area contributed by atoms with Gasteiger partial charge < -0.3 is 19.8 Å². The van der Waals surface area contributed by atoms with Gasteiger partial charge in [0.15, 0.2) is 5.76 Å². The van der Waals surface area contributed by atoms with Crippen molar-refractivity contribution in [2.24, 2.45) is 0 Å². The zero-order valence-electron chi connectivity index (χ0n) is 14.6. The molecule has 2 rings (SSSR count). The lowest BCUT2D eigenvalue weighted by atomic mass is 10.1. The Hall–Kier alpha value is -3.62. The Kier molecular flexibility index (Phi) is 7.12. The smallest absolute Gasteiger partial charge is 0.321 e. The molecule has 9 heteroatoms. The molecule has 0 saturated heterocycles. The summed E-state index contributed by atoms with van der Waals surface area (Å²) in [6.45, 7) is -0.00303. The maximum atomic E-state index is 12.3. The zero-order chi connectivity index (χ0) is 19.6. The molecule has 2 aromatic rings. The summed E-state index contributed by atoms with van der Waals surface area (Å²) in [6.07, 6.45) is -0.0985. The van der Waals surface area contributed by atoms with Gasteiger partial charge in [-0.25, -0.2) is 4.79 Å². The summed E-state index contributed by atoms with van der Waals surface area (Å²) < 4.78 is 10.1. The summed E-state index contributed by atoms with van der Waals surface area (Å²) in [5.74, 6) is -1.84. The largest absolute Gasteiger partial charge is 0.459 e. The van der Waals surface area contributed by atoms with Crippen LogP contribution in [0.2, 0.25) is 0 Å². The van der Waals surface area contributed by atoms with Gasteiger partial charge in [0.25, 0.3) is 11.8 Å². The molecule has 0 aliphatic rings. The topological polar surface area (TPSA) is 127 Å². The van der Waals surface area contributed by atoms with Crippen LogP contribution in [0.4, 0.5) is 4.79 Å². The van der Waals surface area contributed by atoms with Crippen molar-refractivity contribution in [1.29, 1.82) is 0 Å². The van der Waals surface area contributed by atoms with E-state index in [1.807, 2.05) is 0 Å². The Labute approximate surface area is 155 Å². The number of hydrogen-bond acceptors (Lipinski definition) is 6. The third-order valence-corrected chi connectivity index (χ3v) is 3.41. The average molecular weight is 373 g/mol. The SMILES string of the molecule is CNC(=O)NC(=O)[C@H](OC(=O)CCNC(=O)c1ccco1)c1ccccc1. The number of hydrogen-bond donors (Lipinski definition) is 3. The number of ether oxygens (including phenoxy) is 1. The third kappa shape index (κ3) is 5.99. The minimum Gasteiger partial charge on any atom is -0.459 e. The highest BCUT2D eigenvalue weighted by Gasteiger charge is 2.26. The van der Waals surface area contributed by atoms with Crippen molar-refractivity contribution in [3.05, 3.63) is 60.1 Å². The van der Waals surface area contributed by atoms with E-state index in [4.69, 9.17) is 9.15 Å². The fourth-order valence-corrected chi connectivity index (χ4v) is 2.10. The lowest BCUT2D eigenvalue weighted by molar-refractivity contribution is -0.156. The summed E-state index contributed by atoms with van der Waals surface area (Å²) in [5.41, 5.74) is 0.409. The van der Waals surface area contributed by atoms with Gasteiger partial charge in [0.2, 0.25) is 6.10 Å². The highest BCUT2D eigenvalue weighted by Crippen LogP contribution is 2.18. The molecular formula is C18H19N3O6. The molecule has 0 unspecified atom stereocenters. The Morgan fingerprint density at radius 3 is 2.44 bits per heavy atom. The lowest BCUT2D eigenvalue weighted by Crippen LogP contribution is -2.41. The Balaban J connectivity index is 1.93. The van der Waals surface area contributed by atoms with Crippen LogP contribution in [0.15, 0.2) is 53.1 Å². The monoisotopic (exact) mass is 373 g/mol. The molecule has 0 bridgehead atoms. The summed E-state index contributed by atoms with van der Waals surface area (Å²) in [5, 5.41) is 6.83. The average Bonchev–Trinajstić information content (AvgIpc) is 3.21. The minimum atomic E-state index is -1.29. The first-order chi connectivity index (χ1) is 13.0. The van der Waals surface area contributed by atoms with E-state index in [2.05, 4.69) is 16.0 Å². The predicted octanol–water partition coefficient (Wildman–Crippen LogP) is 1.14. The molecule has 1 aromatic carbocycles. The number of amides is 4. The van der Waals surface area contributed by atoms with E-state index >= 15 is 0 Å². The molecule has 4 amide bonds. The van der Waals surface area contributed by atoms with Crippen molar-refractivity contribution in [3.8, 4) is 0 Å². The van der Waals surface area contributed by atoms with Gasteiger partial charge in [-0.3, -0.25) is 19.7 Å². The van der Waals surface area contributed by atoms with Crippen molar-refractivity contribution in [3.63, 3.8) is 0 Å². The minimum absolute atomic E-state index is 0.00303. The summed E-state index contributed by atoms with van der Waals surface area (Å²) >= 11 is 0. The van der Waals surface area contributed by atoms with Crippen molar-refractivity contribution < 1.29 is 28.3 Å². The van der Waals surface area contributed by atoms with E-state index in [1.165, 1.54) is 19.4 Å². The van der Waals surface area contributed by atoms with Crippen LogP contribution in [0, 0.1) is 0 Å². The number of esters is 1. The number of furan rings is 1. The van der Waals surface area contributed by atoms with Crippen molar-refractivity contribution >= 4 is 23.8 Å². The summed E-state index contributed by atoms with van der Waals surface area (Å²) in [4.78, 5) is 47.4. The van der Waals surface area contributed by atoms with Crippen molar-refractivity contribution in [2.45, 2.75) is 12.5 Å². The maximum absolute atomic E-state index is 12.3. The second-order valence-corrected chi connectivity index (χ2v) is 5.33. The number of carbonyl (C=O) groups excluding carboxylic acids is 4. The van der Waals surface area contributed by atoms with Gasteiger partial charge in [-0.2, -0.15) is 0 Å². The van der Waals surface area contributed by atoms with Crippen LogP contribution in [0.25, 0.3) is 0 Å². The molecule has 0 radical (unpaired) electrons. The second kappa shape index (κ2) is 9.76. The van der Waals surface area contributed by atoms with Gasteiger partial charge in [-0.1, -0.05) is 30.3 Å². The van der Waals surface area contributed by atoms with Crippen LogP contribution in [-0.4, -0.2) is 37.4 Å². The van der Waals surface area contributed by atoms with E-state index in [9.17, 15) is 19.2 Å². The van der Waals surface area contributed by atoms with Crippen LogP contribution < -0.4 is 16.0 Å². The highest BCUT2D eigenvalue weighted by atomic mass is 16.5. The molecule has 0 aliphatic heterocycles. The lowest BCUT2D eigenvalue weighted by Gasteiger charge is -2.17. The molecule has 27 heavy (non-hydrogen) atoms. The van der Waals surface area contributed by atoms with Crippen LogP contribution in [0.1, 0.15) is 28.6 Å². The number of carbonyl (C=O) groups is 4. The number of rotatable bonds is 7. The van der Waals surface area contributed by atoms with Gasteiger partial charge in [0.05, 0.1) is 12.7 Å². The highest BCUT2D eigenvalue weighted by molar-refractivity contribution is 5.97. The molecule has 1 atom stereocenters. The fourth-order valence-electron chi connectivity index (χ4n) is 2.10. The van der Waals surface area contributed by atoms with Gasteiger partial charge in [0, 0.05) is 19.2 Å². The van der Waals surface area contributed by atoms with E-state index in [-0.39, 0.29) is 18.7 Å². The molecule has 3 N–H and O–H groups in total. The van der Waals surface area contributed by atoms with Gasteiger partial charge >= 0.3 is 12.0 Å². The molecule has 0 saturated carbocycles. The Morgan fingerprint density at radius 2 is 1.81 bits per heavy atom. The van der Waals surface area contributed by atoms with E-state index in [0.29, 0.717) is 5.56 Å². The molecule has 0 spiro atoms. The normalized spacial score (nSPS) is 11.1. The summed E-state index contributed by atoms with van der Waals surface area (Å²) in [6, 6.07) is 10.6. The third-order valence-electron chi connectivity index (χ3n) is 3.41. The van der Waals surface area contributed by atoms with E-state index in [1.54, 1.807) is 36.4 Å². The maximum Gasteiger partial charge on any atom is 0.321 e. The first-order valence-corrected chi connectivity index (χ1v) is 8.10. The number of imide groups is 1. The zero-order valence-corrected chi connectivity index (χ0v) is 14.6. The molecule has 1 aromatic heterocycles. The van der Waals surface area contributed by atoms with Crippen LogP contribution in [0.3, 0.4) is 0 Å². The van der Waals surface area contributed by atoms with Crippen molar-refractivity contribution in [1.82, 2.24) is 16.0 Å². The van der Waals surface area contributed by atoms with E-state index in [0.717, 1.165) is 0 Å². The second-order valence-electron chi connectivity index (χ2n) is 5.33. The first kappa shape index (κ1) is 19.7. The van der Waals surface area contributed by atoms with Gasteiger partial charge in [-0.05, 0) is 12.1 Å². The molecule has 142 valence electrons. The fraction of sp³-hybridized carbons (Fsp3) is 0.222. The molecule has 9 nitrogen and oxygen atoms in total. The molecule has 1 heterocycles. The van der Waals surface area contributed by atoms with Crippen LogP contribution >= 0.6 is 0 Å². The van der Waals surface area contributed by atoms with Crippen LogP contribution in [0.5, 0.6) is 0 Å². The standard InChI is InChI=1S/C18H19N3O6/c1-19-18(25)21-17(24)15(12-6-3-2-4-7-12)27-14(22)9-10-20-16(23)13-8-5-11-26-13/h2-8,11,15H,9-10H2,1H3,(H,20,23)(H2,19,21,24,25)/t15-/m1/s1. The number of nitrogens with one attached hydrogen (secondary N) is 3.